The molecule has 1 aromatic heterocycles. The van der Waals surface area contributed by atoms with Crippen LogP contribution in [0.1, 0.15) is 57.4 Å². The third kappa shape index (κ3) is 4.40. The molecular weight excluding hydrogens is 376 g/mol. The van der Waals surface area contributed by atoms with Crippen LogP contribution in [0.15, 0.2) is 16.8 Å². The third-order valence-electron chi connectivity index (χ3n) is 6.53. The zero-order valence-electron chi connectivity index (χ0n) is 16.2. The molecule has 1 heterocycles. The standard InChI is InChI=1S/C21H28N2O4S/c1-13(27-18(24)3-2-14-4-5-28-12-14)19(25)22-20(26)23-21-9-15-6-16(10-21)8-17(7-15)11-21/h4-5,12-13,15-17H,2-3,6-11H2,1H3,(H2,22,23,25,26)/t13-,15?,16?,17?,21?/m0/s1. The predicted molar refractivity (Wildman–Crippen MR) is 106 cm³/mol. The third-order valence-corrected chi connectivity index (χ3v) is 7.26. The molecule has 4 aliphatic carbocycles. The zero-order chi connectivity index (χ0) is 19.7. The Morgan fingerprint density at radius 3 is 2.39 bits per heavy atom. The highest BCUT2D eigenvalue weighted by atomic mass is 32.1. The number of amides is 3. The van der Waals surface area contributed by atoms with Crippen LogP contribution in [-0.2, 0) is 20.7 Å². The highest BCUT2D eigenvalue weighted by Crippen LogP contribution is 2.55. The number of hydrogen-bond donors (Lipinski definition) is 2. The first-order valence-electron chi connectivity index (χ1n) is 10.2. The van der Waals surface area contributed by atoms with Gasteiger partial charge in [-0.25, -0.2) is 4.79 Å². The van der Waals surface area contributed by atoms with Gasteiger partial charge in [0.2, 0.25) is 0 Å². The smallest absolute Gasteiger partial charge is 0.321 e. The molecule has 28 heavy (non-hydrogen) atoms. The van der Waals surface area contributed by atoms with Crippen molar-refractivity contribution >= 4 is 29.2 Å². The second-order valence-corrected chi connectivity index (χ2v) is 9.68. The van der Waals surface area contributed by atoms with E-state index in [4.69, 9.17) is 4.74 Å². The fraction of sp³-hybridized carbons (Fsp3) is 0.667. The Morgan fingerprint density at radius 2 is 1.82 bits per heavy atom. The van der Waals surface area contributed by atoms with Crippen molar-refractivity contribution in [2.75, 3.05) is 0 Å². The molecule has 2 N–H and O–H groups in total. The second-order valence-electron chi connectivity index (χ2n) is 8.90. The highest BCUT2D eigenvalue weighted by Gasteiger charge is 2.51. The number of ether oxygens (including phenoxy) is 1. The van der Waals surface area contributed by atoms with Gasteiger partial charge in [0, 0.05) is 12.0 Å². The number of esters is 1. The van der Waals surface area contributed by atoms with Crippen LogP contribution in [-0.4, -0.2) is 29.6 Å². The first kappa shape index (κ1) is 19.4. The van der Waals surface area contributed by atoms with Crippen LogP contribution in [0.4, 0.5) is 4.79 Å². The summed E-state index contributed by atoms with van der Waals surface area (Å²) in [5.41, 5.74) is 0.925. The van der Waals surface area contributed by atoms with Gasteiger partial charge in [0.25, 0.3) is 5.91 Å². The summed E-state index contributed by atoms with van der Waals surface area (Å²) in [7, 11) is 0. The van der Waals surface area contributed by atoms with Crippen LogP contribution < -0.4 is 10.6 Å². The Morgan fingerprint density at radius 1 is 1.18 bits per heavy atom. The van der Waals surface area contributed by atoms with Crippen molar-refractivity contribution in [3.63, 3.8) is 0 Å². The number of urea groups is 1. The topological polar surface area (TPSA) is 84.5 Å². The quantitative estimate of drug-likeness (QED) is 0.712. The van der Waals surface area contributed by atoms with E-state index >= 15 is 0 Å². The van der Waals surface area contributed by atoms with Gasteiger partial charge in [-0.2, -0.15) is 11.3 Å². The molecular formula is C21H28N2O4S. The maximum absolute atomic E-state index is 12.4. The molecule has 0 aliphatic heterocycles. The van der Waals surface area contributed by atoms with Crippen LogP contribution in [0.2, 0.25) is 0 Å². The Kier molecular flexibility index (Phi) is 5.45. The lowest BCUT2D eigenvalue weighted by Gasteiger charge is -2.56. The average Bonchev–Trinajstić information content (AvgIpc) is 3.11. The molecule has 0 spiro atoms. The van der Waals surface area contributed by atoms with E-state index < -0.39 is 24.0 Å². The summed E-state index contributed by atoms with van der Waals surface area (Å²) in [5.74, 6) is 1.13. The van der Waals surface area contributed by atoms with Gasteiger partial charge >= 0.3 is 12.0 Å². The Balaban J connectivity index is 1.23. The number of aryl methyl sites for hydroxylation is 1. The Bertz CT molecular complexity index is 710. The van der Waals surface area contributed by atoms with Crippen molar-refractivity contribution in [1.82, 2.24) is 10.6 Å². The van der Waals surface area contributed by atoms with E-state index in [1.807, 2.05) is 16.8 Å². The van der Waals surface area contributed by atoms with E-state index in [1.54, 1.807) is 11.3 Å². The Labute approximate surface area is 169 Å². The first-order valence-corrected chi connectivity index (χ1v) is 11.2. The normalized spacial score (nSPS) is 31.2. The lowest BCUT2D eigenvalue weighted by molar-refractivity contribution is -0.154. The molecule has 7 heteroatoms. The van der Waals surface area contributed by atoms with Gasteiger partial charge in [0.15, 0.2) is 6.10 Å². The summed E-state index contributed by atoms with van der Waals surface area (Å²) < 4.78 is 5.18. The summed E-state index contributed by atoms with van der Waals surface area (Å²) in [6.07, 6.45) is 6.75. The molecule has 0 unspecified atom stereocenters. The van der Waals surface area contributed by atoms with Gasteiger partial charge in [-0.1, -0.05) is 0 Å². The number of carbonyl (C=O) groups excluding carboxylic acids is 3. The molecule has 3 amide bonds. The monoisotopic (exact) mass is 404 g/mol. The molecule has 1 atom stereocenters. The molecule has 5 rings (SSSR count). The van der Waals surface area contributed by atoms with Crippen molar-refractivity contribution in [3.05, 3.63) is 22.4 Å². The van der Waals surface area contributed by atoms with Gasteiger partial charge in [-0.15, -0.1) is 0 Å². The largest absolute Gasteiger partial charge is 0.453 e. The zero-order valence-corrected chi connectivity index (χ0v) is 17.1. The molecule has 4 aliphatic rings. The van der Waals surface area contributed by atoms with Crippen LogP contribution in [0.25, 0.3) is 0 Å². The first-order chi connectivity index (χ1) is 13.4. The molecule has 0 aromatic carbocycles. The van der Waals surface area contributed by atoms with Crippen LogP contribution in [0.5, 0.6) is 0 Å². The van der Waals surface area contributed by atoms with Gasteiger partial charge < -0.3 is 10.1 Å². The van der Waals surface area contributed by atoms with Gasteiger partial charge in [-0.3, -0.25) is 14.9 Å². The number of hydrogen-bond acceptors (Lipinski definition) is 5. The maximum Gasteiger partial charge on any atom is 0.321 e. The van der Waals surface area contributed by atoms with Gasteiger partial charge in [0.1, 0.15) is 0 Å². The minimum atomic E-state index is -0.989. The summed E-state index contributed by atoms with van der Waals surface area (Å²) in [6.45, 7) is 1.50. The molecule has 4 saturated carbocycles. The minimum Gasteiger partial charge on any atom is -0.453 e. The fourth-order valence-electron chi connectivity index (χ4n) is 5.74. The highest BCUT2D eigenvalue weighted by molar-refractivity contribution is 7.07. The summed E-state index contributed by atoms with van der Waals surface area (Å²) in [5, 5.41) is 9.40. The maximum atomic E-state index is 12.4. The lowest BCUT2D eigenvalue weighted by atomic mass is 9.53. The van der Waals surface area contributed by atoms with Crippen molar-refractivity contribution in [1.29, 1.82) is 0 Å². The molecule has 0 radical (unpaired) electrons. The van der Waals surface area contributed by atoms with Crippen LogP contribution in [0, 0.1) is 17.8 Å². The average molecular weight is 405 g/mol. The summed E-state index contributed by atoms with van der Waals surface area (Å²) >= 11 is 1.58. The van der Waals surface area contributed by atoms with Crippen LogP contribution in [0.3, 0.4) is 0 Å². The van der Waals surface area contributed by atoms with Crippen molar-refractivity contribution in [2.24, 2.45) is 17.8 Å². The van der Waals surface area contributed by atoms with Gasteiger partial charge in [-0.05, 0) is 92.0 Å². The number of imide groups is 1. The molecule has 6 nitrogen and oxygen atoms in total. The molecule has 1 aromatic rings. The van der Waals surface area contributed by atoms with E-state index in [9.17, 15) is 14.4 Å². The fourth-order valence-corrected chi connectivity index (χ4v) is 6.44. The van der Waals surface area contributed by atoms with E-state index in [0.717, 1.165) is 24.8 Å². The minimum absolute atomic E-state index is 0.153. The molecule has 4 fully saturated rings. The number of carbonyl (C=O) groups is 3. The van der Waals surface area contributed by atoms with Crippen molar-refractivity contribution in [3.8, 4) is 0 Å². The van der Waals surface area contributed by atoms with Crippen molar-refractivity contribution in [2.45, 2.75) is 69.9 Å². The Hall–Kier alpha value is -1.89. The summed E-state index contributed by atoms with van der Waals surface area (Å²) in [4.78, 5) is 36.6. The SMILES string of the molecule is C[C@H](OC(=O)CCc1ccsc1)C(=O)NC(=O)NC12CC3CC(CC(C3)C1)C2. The van der Waals surface area contributed by atoms with E-state index in [2.05, 4.69) is 10.6 Å². The molecule has 4 bridgehead atoms. The summed E-state index contributed by atoms with van der Waals surface area (Å²) in [6, 6.07) is 1.50. The van der Waals surface area contributed by atoms with E-state index in [-0.39, 0.29) is 12.0 Å². The van der Waals surface area contributed by atoms with Gasteiger partial charge in [0.05, 0.1) is 0 Å². The number of rotatable bonds is 6. The van der Waals surface area contributed by atoms with Crippen LogP contribution >= 0.6 is 11.3 Å². The second kappa shape index (κ2) is 7.85. The number of nitrogens with one attached hydrogen (secondary N) is 2. The van der Waals surface area contributed by atoms with E-state index in [0.29, 0.717) is 24.2 Å². The molecule has 0 saturated heterocycles. The predicted octanol–water partition coefficient (Wildman–Crippen LogP) is 3.41. The lowest BCUT2D eigenvalue weighted by Crippen LogP contribution is -2.62. The van der Waals surface area contributed by atoms with Crippen molar-refractivity contribution < 1.29 is 19.1 Å². The number of thiophene rings is 1. The molecule has 152 valence electrons. The van der Waals surface area contributed by atoms with E-state index in [1.165, 1.54) is 26.2 Å².